The average Bonchev–Trinajstić information content (AvgIpc) is 2.57. The number of hydrogen-bond donors (Lipinski definition) is 0. The molecule has 0 N–H and O–H groups in total. The Morgan fingerprint density at radius 3 is 2.61 bits per heavy atom. The van der Waals surface area contributed by atoms with Crippen molar-refractivity contribution in [2.24, 2.45) is 7.05 Å². The first-order chi connectivity index (χ1) is 8.49. The van der Waals surface area contributed by atoms with Crippen LogP contribution in [0.3, 0.4) is 0 Å². The van der Waals surface area contributed by atoms with Gasteiger partial charge in [-0.1, -0.05) is 23.2 Å². The molecule has 2 aromatic rings. The van der Waals surface area contributed by atoms with Crippen molar-refractivity contribution in [3.05, 3.63) is 45.5 Å². The third-order valence-corrected chi connectivity index (χ3v) is 3.32. The van der Waals surface area contributed by atoms with Gasteiger partial charge < -0.3 is 0 Å². The summed E-state index contributed by atoms with van der Waals surface area (Å²) in [6.07, 6.45) is 1.62. The second-order valence-corrected chi connectivity index (χ2v) is 4.75. The summed E-state index contributed by atoms with van der Waals surface area (Å²) in [5.74, 6) is -0.114. The lowest BCUT2D eigenvalue weighted by Crippen LogP contribution is -2.09. The molecular formula is C12H11Cl2N3O. The molecule has 4 nitrogen and oxygen atoms in total. The fourth-order valence-electron chi connectivity index (χ4n) is 1.66. The van der Waals surface area contributed by atoms with Gasteiger partial charge in [-0.3, -0.25) is 14.5 Å². The number of aryl methyl sites for hydroxylation is 2. The number of rotatable bonds is 3. The van der Waals surface area contributed by atoms with Crippen LogP contribution in [0.4, 0.5) is 0 Å². The molecule has 0 bridgehead atoms. The Kier molecular flexibility index (Phi) is 3.68. The Balaban J connectivity index is 2.24. The molecule has 0 fully saturated rings. The van der Waals surface area contributed by atoms with Crippen LogP contribution in [-0.4, -0.2) is 20.5 Å². The zero-order chi connectivity index (χ0) is 13.3. The monoisotopic (exact) mass is 283 g/mol. The summed E-state index contributed by atoms with van der Waals surface area (Å²) in [4.78, 5) is 16.0. The topological polar surface area (TPSA) is 47.8 Å². The predicted molar refractivity (Wildman–Crippen MR) is 70.2 cm³/mol. The van der Waals surface area contributed by atoms with Gasteiger partial charge in [-0.2, -0.15) is 5.10 Å². The van der Waals surface area contributed by atoms with Crippen molar-refractivity contribution in [1.82, 2.24) is 14.8 Å². The zero-order valence-electron chi connectivity index (χ0n) is 9.94. The molecule has 0 saturated carbocycles. The quantitative estimate of drug-likeness (QED) is 0.814. The molecule has 6 heteroatoms. The Morgan fingerprint density at radius 1 is 1.39 bits per heavy atom. The molecule has 2 rings (SSSR count). The second kappa shape index (κ2) is 5.08. The van der Waals surface area contributed by atoms with E-state index in [0.717, 1.165) is 0 Å². The largest absolute Gasteiger partial charge is 0.292 e. The third kappa shape index (κ3) is 2.54. The summed E-state index contributed by atoms with van der Waals surface area (Å²) in [5.41, 5.74) is 1.77. The van der Waals surface area contributed by atoms with E-state index in [4.69, 9.17) is 23.2 Å². The molecule has 18 heavy (non-hydrogen) atoms. The number of aromatic nitrogens is 3. The Morgan fingerprint density at radius 2 is 2.11 bits per heavy atom. The van der Waals surface area contributed by atoms with Crippen LogP contribution in [0.5, 0.6) is 0 Å². The van der Waals surface area contributed by atoms with Gasteiger partial charge in [0, 0.05) is 13.2 Å². The number of ketones is 1. The molecule has 0 atom stereocenters. The second-order valence-electron chi connectivity index (χ2n) is 3.93. The van der Waals surface area contributed by atoms with Crippen LogP contribution >= 0.6 is 23.2 Å². The lowest BCUT2D eigenvalue weighted by Gasteiger charge is -2.02. The van der Waals surface area contributed by atoms with Crippen LogP contribution in [-0.2, 0) is 13.5 Å². The van der Waals surface area contributed by atoms with Crippen molar-refractivity contribution in [1.29, 1.82) is 0 Å². The number of carbonyl (C=O) groups is 1. The molecule has 0 unspecified atom stereocenters. The third-order valence-electron chi connectivity index (χ3n) is 2.60. The molecule has 0 spiro atoms. The molecular weight excluding hydrogens is 273 g/mol. The van der Waals surface area contributed by atoms with E-state index in [1.165, 1.54) is 6.20 Å². The molecule has 2 aromatic heterocycles. The van der Waals surface area contributed by atoms with Crippen LogP contribution < -0.4 is 0 Å². The Labute approximate surface area is 115 Å². The number of nitrogens with zero attached hydrogens (tertiary/aromatic N) is 3. The molecule has 0 amide bonds. The van der Waals surface area contributed by atoms with E-state index in [0.29, 0.717) is 27.1 Å². The van der Waals surface area contributed by atoms with E-state index in [2.05, 4.69) is 10.1 Å². The van der Waals surface area contributed by atoms with Gasteiger partial charge in [-0.25, -0.2) is 0 Å². The van der Waals surface area contributed by atoms with Crippen LogP contribution in [0.15, 0.2) is 18.3 Å². The van der Waals surface area contributed by atoms with Crippen LogP contribution in [0.25, 0.3) is 0 Å². The normalized spacial score (nSPS) is 10.7. The van der Waals surface area contributed by atoms with Gasteiger partial charge in [-0.05, 0) is 19.1 Å². The van der Waals surface area contributed by atoms with Crippen molar-refractivity contribution < 1.29 is 4.79 Å². The van der Waals surface area contributed by atoms with Gasteiger partial charge in [-0.15, -0.1) is 0 Å². The highest BCUT2D eigenvalue weighted by molar-refractivity contribution is 6.32. The fourth-order valence-corrected chi connectivity index (χ4v) is 1.99. The molecule has 0 aromatic carbocycles. The molecule has 0 saturated heterocycles. The van der Waals surface area contributed by atoms with Gasteiger partial charge in [0.15, 0.2) is 5.78 Å². The highest BCUT2D eigenvalue weighted by atomic mass is 35.5. The van der Waals surface area contributed by atoms with Crippen molar-refractivity contribution in [2.75, 3.05) is 0 Å². The molecule has 0 aliphatic carbocycles. The van der Waals surface area contributed by atoms with E-state index >= 15 is 0 Å². The summed E-state index contributed by atoms with van der Waals surface area (Å²) >= 11 is 11.8. The minimum absolute atomic E-state index is 0.114. The van der Waals surface area contributed by atoms with Crippen LogP contribution in [0, 0.1) is 6.92 Å². The summed E-state index contributed by atoms with van der Waals surface area (Å²) in [6.45, 7) is 1.80. The lowest BCUT2D eigenvalue weighted by molar-refractivity contribution is 0.0986. The first kappa shape index (κ1) is 13.1. The van der Waals surface area contributed by atoms with Crippen molar-refractivity contribution in [3.8, 4) is 0 Å². The van der Waals surface area contributed by atoms with Crippen molar-refractivity contribution in [2.45, 2.75) is 13.3 Å². The van der Waals surface area contributed by atoms with Gasteiger partial charge in [0.1, 0.15) is 5.69 Å². The van der Waals surface area contributed by atoms with Gasteiger partial charge >= 0.3 is 0 Å². The van der Waals surface area contributed by atoms with E-state index in [1.54, 1.807) is 30.8 Å². The van der Waals surface area contributed by atoms with Crippen molar-refractivity contribution >= 4 is 29.0 Å². The Bertz CT molecular complexity index is 590. The van der Waals surface area contributed by atoms with E-state index in [9.17, 15) is 4.79 Å². The number of pyridine rings is 1. The average molecular weight is 284 g/mol. The maximum Gasteiger partial charge on any atom is 0.187 e. The first-order valence-electron chi connectivity index (χ1n) is 5.31. The minimum atomic E-state index is -0.114. The highest BCUT2D eigenvalue weighted by Crippen LogP contribution is 2.21. The number of hydrogen-bond acceptors (Lipinski definition) is 3. The Hall–Kier alpha value is -1.39. The summed E-state index contributed by atoms with van der Waals surface area (Å²) < 4.78 is 1.62. The van der Waals surface area contributed by atoms with E-state index < -0.39 is 0 Å². The minimum Gasteiger partial charge on any atom is -0.292 e. The van der Waals surface area contributed by atoms with Crippen molar-refractivity contribution in [3.63, 3.8) is 0 Å². The molecule has 0 radical (unpaired) electrons. The van der Waals surface area contributed by atoms with E-state index in [1.807, 2.05) is 0 Å². The lowest BCUT2D eigenvalue weighted by atomic mass is 10.1. The smallest absolute Gasteiger partial charge is 0.187 e. The van der Waals surface area contributed by atoms with Gasteiger partial charge in [0.25, 0.3) is 0 Å². The fraction of sp³-hybridized carbons (Fsp3) is 0.250. The summed E-state index contributed by atoms with van der Waals surface area (Å²) in [7, 11) is 1.76. The molecule has 2 heterocycles. The van der Waals surface area contributed by atoms with Crippen LogP contribution in [0.2, 0.25) is 10.0 Å². The first-order valence-corrected chi connectivity index (χ1v) is 6.07. The number of halogens is 2. The maximum atomic E-state index is 12.0. The maximum absolute atomic E-state index is 12.0. The number of carbonyl (C=O) groups excluding carboxylic acids is 1. The molecule has 0 aliphatic rings. The SMILES string of the molecule is Cc1nn(C)c(CC(=O)c2ccc(Cl)cn2)c1Cl. The highest BCUT2D eigenvalue weighted by Gasteiger charge is 2.16. The van der Waals surface area contributed by atoms with Gasteiger partial charge in [0.05, 0.1) is 27.9 Å². The van der Waals surface area contributed by atoms with Crippen LogP contribution in [0.1, 0.15) is 21.9 Å². The molecule has 94 valence electrons. The summed E-state index contributed by atoms with van der Waals surface area (Å²) in [5, 5.41) is 5.19. The number of Topliss-reactive ketones (excluding diaryl/α,β-unsaturated/α-hetero) is 1. The molecule has 0 aliphatic heterocycles. The standard InChI is InChI=1S/C12H11Cl2N3O/c1-7-12(14)10(17(2)16-7)5-11(18)9-4-3-8(13)6-15-9/h3-4,6H,5H2,1-2H3. The van der Waals surface area contributed by atoms with E-state index in [-0.39, 0.29) is 12.2 Å². The van der Waals surface area contributed by atoms with Gasteiger partial charge in [0.2, 0.25) is 0 Å². The summed E-state index contributed by atoms with van der Waals surface area (Å²) in [6, 6.07) is 3.24. The zero-order valence-corrected chi connectivity index (χ0v) is 11.5. The predicted octanol–water partition coefficient (Wildman–Crippen LogP) is 2.86.